The first-order valence-corrected chi connectivity index (χ1v) is 7.68. The lowest BCUT2D eigenvalue weighted by Gasteiger charge is -2.32. The number of nitrogens with zero attached hydrogens (tertiary/aromatic N) is 1. The fourth-order valence-electron chi connectivity index (χ4n) is 2.61. The third-order valence-electron chi connectivity index (χ3n) is 3.72. The molecule has 9 nitrogen and oxygen atoms in total. The number of pyridine rings is 1. The van der Waals surface area contributed by atoms with Gasteiger partial charge in [-0.25, -0.2) is 9.59 Å². The first-order valence-electron chi connectivity index (χ1n) is 7.68. The number of aliphatic hydroxyl groups excluding tert-OH is 1. The lowest BCUT2D eigenvalue weighted by atomic mass is 9.90. The predicted molar refractivity (Wildman–Crippen MR) is 84.1 cm³/mol. The number of ether oxygens (including phenoxy) is 4. The van der Waals surface area contributed by atoms with Crippen molar-refractivity contribution in [2.75, 3.05) is 14.2 Å². The lowest BCUT2D eigenvalue weighted by molar-refractivity contribution is -0.714. The van der Waals surface area contributed by atoms with Gasteiger partial charge in [0.25, 0.3) is 17.8 Å². The highest BCUT2D eigenvalue weighted by molar-refractivity contribution is 5.98. The van der Waals surface area contributed by atoms with Gasteiger partial charge >= 0.3 is 17.9 Å². The molecule has 9 heteroatoms. The molecule has 0 saturated heterocycles. The molecule has 1 aliphatic heterocycles. The number of rotatable bonds is 5. The van der Waals surface area contributed by atoms with Crippen molar-refractivity contribution in [1.29, 1.82) is 0 Å². The van der Waals surface area contributed by atoms with E-state index in [2.05, 4.69) is 0 Å². The van der Waals surface area contributed by atoms with Crippen LogP contribution in [-0.2, 0) is 33.3 Å². The lowest BCUT2D eigenvalue weighted by Crippen LogP contribution is -2.53. The topological polar surface area (TPSA) is 112 Å². The Morgan fingerprint density at radius 3 is 2.15 bits per heavy atom. The second-order valence-corrected chi connectivity index (χ2v) is 5.90. The molecule has 1 aliphatic rings. The molecule has 2 atom stereocenters. The summed E-state index contributed by atoms with van der Waals surface area (Å²) in [5.41, 5.74) is -0.525. The summed E-state index contributed by atoms with van der Waals surface area (Å²) in [4.78, 5) is 37.3. The van der Waals surface area contributed by atoms with E-state index in [0.29, 0.717) is 0 Å². The Bertz CT molecular complexity index is 740. The van der Waals surface area contributed by atoms with Crippen molar-refractivity contribution in [3.63, 3.8) is 0 Å². The number of carbonyl (C=O) groups excluding carboxylic acids is 3. The summed E-state index contributed by atoms with van der Waals surface area (Å²) in [6, 6.07) is 3.62. The van der Waals surface area contributed by atoms with Crippen LogP contribution in [0.15, 0.2) is 42.1 Å². The largest absolute Gasteiger partial charge is 0.480 e. The second-order valence-electron chi connectivity index (χ2n) is 5.90. The van der Waals surface area contributed by atoms with Crippen LogP contribution in [0.4, 0.5) is 0 Å². The summed E-state index contributed by atoms with van der Waals surface area (Å²) >= 11 is 0. The molecule has 2 unspecified atom stereocenters. The average Bonchev–Trinajstić information content (AvgIpc) is 2.59. The van der Waals surface area contributed by atoms with Crippen molar-refractivity contribution in [2.24, 2.45) is 5.92 Å². The van der Waals surface area contributed by atoms with E-state index in [9.17, 15) is 19.5 Å². The fraction of sp³-hybridized carbons (Fsp3) is 0.412. The summed E-state index contributed by atoms with van der Waals surface area (Å²) < 4.78 is 21.1. The molecular weight excluding hydrogens is 346 g/mol. The molecule has 0 fully saturated rings. The molecule has 0 amide bonds. The summed E-state index contributed by atoms with van der Waals surface area (Å²) in [6.45, 7) is 2.82. The number of aromatic nitrogens is 1. The molecule has 2 heterocycles. The summed E-state index contributed by atoms with van der Waals surface area (Å²) in [6.07, 6.45) is 3.02. The van der Waals surface area contributed by atoms with Gasteiger partial charge in [0.05, 0.1) is 14.2 Å². The van der Waals surface area contributed by atoms with Crippen molar-refractivity contribution >= 4 is 17.9 Å². The maximum atomic E-state index is 12.4. The van der Waals surface area contributed by atoms with Gasteiger partial charge in [0.15, 0.2) is 18.3 Å². The number of hydrogen-bond donors (Lipinski definition) is 1. The Balaban J connectivity index is 2.64. The Morgan fingerprint density at radius 2 is 1.65 bits per heavy atom. The normalized spacial score (nSPS) is 18.2. The molecule has 0 aromatic carbocycles. The number of methoxy groups -OCH3 is 2. The molecule has 1 aromatic heterocycles. The third kappa shape index (κ3) is 3.76. The molecule has 0 bridgehead atoms. The van der Waals surface area contributed by atoms with Crippen LogP contribution < -0.4 is 4.57 Å². The van der Waals surface area contributed by atoms with Crippen LogP contribution in [0, 0.1) is 5.92 Å². The minimum absolute atomic E-state index is 0.525. The minimum Gasteiger partial charge on any atom is -0.480 e. The van der Waals surface area contributed by atoms with E-state index in [-0.39, 0.29) is 0 Å². The molecular formula is C17H20NO8+. The monoisotopic (exact) mass is 366 g/mol. The molecule has 1 N–H and O–H groups in total. The molecule has 0 radical (unpaired) electrons. The summed E-state index contributed by atoms with van der Waals surface area (Å²) in [5.74, 6) is -6.56. The Labute approximate surface area is 149 Å². The standard InChI is InChI=1S/C17H19NO8/c1-17(2)25-14(20)11(15(21)26-17)10(13(19)23-3)12(16(22)24-4)18-8-6-5-7-9-18/h5-10,12H,1-4H3/p+1. The van der Waals surface area contributed by atoms with Gasteiger partial charge < -0.3 is 24.1 Å². The third-order valence-corrected chi connectivity index (χ3v) is 3.72. The van der Waals surface area contributed by atoms with Crippen molar-refractivity contribution in [3.05, 3.63) is 42.1 Å². The number of esters is 3. The van der Waals surface area contributed by atoms with E-state index in [4.69, 9.17) is 18.9 Å². The van der Waals surface area contributed by atoms with Crippen LogP contribution in [0.1, 0.15) is 19.9 Å². The van der Waals surface area contributed by atoms with Gasteiger partial charge in [0.2, 0.25) is 0 Å². The van der Waals surface area contributed by atoms with Crippen LogP contribution in [0.5, 0.6) is 0 Å². The highest BCUT2D eigenvalue weighted by Gasteiger charge is 2.52. The van der Waals surface area contributed by atoms with Crippen LogP contribution in [-0.4, -0.2) is 43.0 Å². The van der Waals surface area contributed by atoms with Gasteiger partial charge in [-0.1, -0.05) is 6.07 Å². The van der Waals surface area contributed by atoms with E-state index < -0.39 is 47.2 Å². The van der Waals surface area contributed by atoms with Gasteiger partial charge in [-0.2, -0.15) is 4.57 Å². The van der Waals surface area contributed by atoms with Gasteiger partial charge in [-0.05, 0) is 0 Å². The van der Waals surface area contributed by atoms with Crippen molar-refractivity contribution in [1.82, 2.24) is 0 Å². The molecule has 0 spiro atoms. The molecule has 1 aromatic rings. The second kappa shape index (κ2) is 7.42. The molecule has 0 saturated carbocycles. The minimum atomic E-state index is -1.55. The zero-order chi connectivity index (χ0) is 19.5. The fourth-order valence-corrected chi connectivity index (χ4v) is 2.61. The number of hydrogen-bond acceptors (Lipinski definition) is 8. The van der Waals surface area contributed by atoms with E-state index in [1.54, 1.807) is 18.2 Å². The molecule has 0 aliphatic carbocycles. The van der Waals surface area contributed by atoms with Crippen molar-refractivity contribution in [2.45, 2.75) is 25.7 Å². The van der Waals surface area contributed by atoms with Gasteiger partial charge in [0.1, 0.15) is 5.57 Å². The van der Waals surface area contributed by atoms with E-state index in [1.165, 1.54) is 30.8 Å². The first-order chi connectivity index (χ1) is 12.2. The quantitative estimate of drug-likeness (QED) is 0.457. The SMILES string of the molecule is COC(=O)C(C1=C(O)OC(C)(C)OC1=O)C(C(=O)OC)[n+]1ccccc1. The smallest absolute Gasteiger partial charge is 0.376 e. The number of carbonyl (C=O) groups is 3. The number of cyclic esters (lactones) is 1. The van der Waals surface area contributed by atoms with Crippen molar-refractivity contribution in [3.8, 4) is 0 Å². The van der Waals surface area contributed by atoms with Crippen LogP contribution in [0.3, 0.4) is 0 Å². The van der Waals surface area contributed by atoms with E-state index in [1.807, 2.05) is 0 Å². The van der Waals surface area contributed by atoms with Crippen LogP contribution in [0.2, 0.25) is 0 Å². The van der Waals surface area contributed by atoms with Gasteiger partial charge in [-0.3, -0.25) is 4.79 Å². The van der Waals surface area contributed by atoms with E-state index >= 15 is 0 Å². The van der Waals surface area contributed by atoms with Gasteiger partial charge in [0, 0.05) is 26.0 Å². The molecule has 140 valence electrons. The zero-order valence-corrected chi connectivity index (χ0v) is 14.8. The average molecular weight is 366 g/mol. The maximum Gasteiger partial charge on any atom is 0.376 e. The Morgan fingerprint density at radius 1 is 1.08 bits per heavy atom. The highest BCUT2D eigenvalue weighted by Crippen LogP contribution is 2.34. The van der Waals surface area contributed by atoms with E-state index in [0.717, 1.165) is 14.2 Å². The predicted octanol–water partition coefficient (Wildman–Crippen LogP) is 0.557. The zero-order valence-electron chi connectivity index (χ0n) is 14.8. The first kappa shape index (κ1) is 19.2. The summed E-state index contributed by atoms with van der Waals surface area (Å²) in [7, 11) is 2.23. The molecule has 2 rings (SSSR count). The highest BCUT2D eigenvalue weighted by atomic mass is 16.8. The van der Waals surface area contributed by atoms with Crippen LogP contribution >= 0.6 is 0 Å². The van der Waals surface area contributed by atoms with Crippen molar-refractivity contribution < 1.29 is 43.0 Å². The number of aliphatic hydroxyl groups is 1. The molecule has 26 heavy (non-hydrogen) atoms. The Hall–Kier alpha value is -3.10. The maximum absolute atomic E-state index is 12.4. The van der Waals surface area contributed by atoms with Crippen LogP contribution in [0.25, 0.3) is 0 Å². The Kier molecular flexibility index (Phi) is 5.49. The van der Waals surface area contributed by atoms with Gasteiger partial charge in [-0.15, -0.1) is 0 Å². The summed E-state index contributed by atoms with van der Waals surface area (Å²) in [5, 5.41) is 10.2.